The zero-order chi connectivity index (χ0) is 28.2. The Hall–Kier alpha value is -3.25. The number of nitrogens with one attached hydrogen (secondary N) is 2. The van der Waals surface area contributed by atoms with Crippen LogP contribution >= 0.6 is 0 Å². The lowest BCUT2D eigenvalue weighted by Crippen LogP contribution is -2.58. The second-order valence-electron chi connectivity index (χ2n) is 11.9. The summed E-state index contributed by atoms with van der Waals surface area (Å²) in [5.41, 5.74) is 4.43. The van der Waals surface area contributed by atoms with Gasteiger partial charge in [0.1, 0.15) is 17.7 Å². The molecule has 0 radical (unpaired) electrons. The maximum absolute atomic E-state index is 13.6. The number of ether oxygens (including phenoxy) is 1. The molecule has 5 rings (SSSR count). The fourth-order valence-corrected chi connectivity index (χ4v) is 6.19. The van der Waals surface area contributed by atoms with Crippen LogP contribution in [0.25, 0.3) is 10.8 Å². The van der Waals surface area contributed by atoms with Gasteiger partial charge in [-0.3, -0.25) is 19.1 Å². The number of sulfonamides is 1. The van der Waals surface area contributed by atoms with Gasteiger partial charge in [0.05, 0.1) is 17.8 Å². The molecule has 1 aliphatic heterocycles. The van der Waals surface area contributed by atoms with E-state index in [2.05, 4.69) is 15.0 Å². The van der Waals surface area contributed by atoms with Crippen molar-refractivity contribution in [2.24, 2.45) is 11.1 Å². The van der Waals surface area contributed by atoms with Crippen LogP contribution in [0.4, 0.5) is 0 Å². The molecule has 210 valence electrons. The first-order valence-electron chi connectivity index (χ1n) is 13.3. The third-order valence-corrected chi connectivity index (χ3v) is 9.53. The molecular formula is C27H35N5O6S. The van der Waals surface area contributed by atoms with Crippen molar-refractivity contribution in [2.45, 2.75) is 81.9 Å². The fraction of sp³-hybridized carbons (Fsp3) is 0.556. The van der Waals surface area contributed by atoms with Crippen LogP contribution in [0.1, 0.15) is 52.9 Å². The van der Waals surface area contributed by atoms with E-state index in [9.17, 15) is 22.8 Å². The quantitative estimate of drug-likeness (QED) is 0.437. The molecule has 4 N–H and O–H groups in total. The number of rotatable bonds is 8. The number of pyridine rings is 1. The number of hydrogen-bond acceptors (Lipinski definition) is 8. The van der Waals surface area contributed by atoms with E-state index in [0.29, 0.717) is 31.6 Å². The minimum absolute atomic E-state index is 0.112. The van der Waals surface area contributed by atoms with Crippen molar-refractivity contribution in [1.29, 1.82) is 0 Å². The molecule has 11 nitrogen and oxygen atoms in total. The van der Waals surface area contributed by atoms with Crippen molar-refractivity contribution < 1.29 is 27.5 Å². The highest BCUT2D eigenvalue weighted by Crippen LogP contribution is 2.38. The predicted molar refractivity (Wildman–Crippen MR) is 144 cm³/mol. The molecule has 2 aliphatic carbocycles. The first-order valence-corrected chi connectivity index (χ1v) is 14.8. The molecule has 2 saturated carbocycles. The van der Waals surface area contributed by atoms with Crippen molar-refractivity contribution in [3.8, 4) is 5.88 Å². The Balaban J connectivity index is 1.35. The Bertz CT molecular complexity index is 1410. The molecule has 1 aromatic heterocycles. The minimum Gasteiger partial charge on any atom is -0.472 e. The molecule has 3 aliphatic rings. The summed E-state index contributed by atoms with van der Waals surface area (Å²) in [6.45, 7) is 5.65. The van der Waals surface area contributed by atoms with Crippen LogP contribution in [0.2, 0.25) is 0 Å². The Labute approximate surface area is 227 Å². The number of nitrogens with two attached hydrogens (primary N) is 1. The number of fused-ring (bicyclic) bond motifs is 1. The number of amides is 3. The van der Waals surface area contributed by atoms with Gasteiger partial charge < -0.3 is 20.7 Å². The van der Waals surface area contributed by atoms with Crippen LogP contribution in [-0.2, 0) is 24.4 Å². The lowest BCUT2D eigenvalue weighted by atomic mass is 9.86. The zero-order valence-corrected chi connectivity index (χ0v) is 23.2. The van der Waals surface area contributed by atoms with Gasteiger partial charge in [0.15, 0.2) is 0 Å². The van der Waals surface area contributed by atoms with Gasteiger partial charge in [-0.1, -0.05) is 39.0 Å². The van der Waals surface area contributed by atoms with Crippen molar-refractivity contribution in [2.75, 3.05) is 6.54 Å². The molecule has 0 unspecified atom stereocenters. The van der Waals surface area contributed by atoms with E-state index in [-0.39, 0.29) is 13.0 Å². The van der Waals surface area contributed by atoms with Crippen LogP contribution < -0.4 is 20.5 Å². The van der Waals surface area contributed by atoms with E-state index in [0.717, 1.165) is 10.8 Å². The Morgan fingerprint density at radius 3 is 2.49 bits per heavy atom. The Morgan fingerprint density at radius 1 is 1.15 bits per heavy atom. The summed E-state index contributed by atoms with van der Waals surface area (Å²) >= 11 is 0. The van der Waals surface area contributed by atoms with Crippen LogP contribution in [0.15, 0.2) is 36.5 Å². The topological polar surface area (TPSA) is 161 Å². The third-order valence-electron chi connectivity index (χ3n) is 7.71. The maximum Gasteiger partial charge on any atom is 0.259 e. The van der Waals surface area contributed by atoms with Gasteiger partial charge in [0.25, 0.3) is 5.91 Å². The van der Waals surface area contributed by atoms with Crippen molar-refractivity contribution in [1.82, 2.24) is 19.9 Å². The van der Waals surface area contributed by atoms with E-state index in [1.807, 2.05) is 51.1 Å². The van der Waals surface area contributed by atoms with Crippen molar-refractivity contribution in [3.63, 3.8) is 0 Å². The van der Waals surface area contributed by atoms with Crippen LogP contribution in [0.3, 0.4) is 0 Å². The van der Waals surface area contributed by atoms with Gasteiger partial charge in [-0.25, -0.2) is 13.4 Å². The lowest BCUT2D eigenvalue weighted by molar-refractivity contribution is -0.142. The third kappa shape index (κ3) is 5.58. The molecule has 12 heteroatoms. The number of likely N-dealkylation sites (tertiary alicyclic amines) is 1. The van der Waals surface area contributed by atoms with E-state index in [4.69, 9.17) is 10.5 Å². The van der Waals surface area contributed by atoms with E-state index in [1.165, 1.54) is 4.90 Å². The molecule has 2 heterocycles. The summed E-state index contributed by atoms with van der Waals surface area (Å²) in [5.74, 6) is -1.28. The summed E-state index contributed by atoms with van der Waals surface area (Å²) in [4.78, 5) is 45.7. The van der Waals surface area contributed by atoms with Crippen LogP contribution in [-0.4, -0.2) is 71.5 Å². The average molecular weight is 558 g/mol. The van der Waals surface area contributed by atoms with E-state index < -0.39 is 62.1 Å². The number of nitrogens with zero attached hydrogens (tertiary/aromatic N) is 2. The highest BCUT2D eigenvalue weighted by atomic mass is 32.2. The van der Waals surface area contributed by atoms with Crippen molar-refractivity contribution in [3.05, 3.63) is 36.5 Å². The van der Waals surface area contributed by atoms with Crippen LogP contribution in [0, 0.1) is 5.41 Å². The molecule has 0 spiro atoms. The molecule has 3 fully saturated rings. The molecular weight excluding hydrogens is 522 g/mol. The maximum atomic E-state index is 13.6. The lowest BCUT2D eigenvalue weighted by Gasteiger charge is -2.33. The number of hydrogen-bond donors (Lipinski definition) is 3. The SMILES string of the molecule is CC(C)(C)[C@H](N)C(=O)N1C[C@H](Oc2nccc3ccccc23)C[C@H]1C(=O)NC1(C(=O)NS(=O)(=O)C2CC2)CC1. The van der Waals surface area contributed by atoms with Gasteiger partial charge in [-0.15, -0.1) is 0 Å². The number of carbonyl (C=O) groups excluding carboxylic acids is 3. The van der Waals surface area contributed by atoms with Gasteiger partial charge in [0, 0.05) is 18.0 Å². The largest absolute Gasteiger partial charge is 0.472 e. The monoisotopic (exact) mass is 557 g/mol. The van der Waals surface area contributed by atoms with E-state index >= 15 is 0 Å². The summed E-state index contributed by atoms with van der Waals surface area (Å²) < 4.78 is 33.0. The number of aromatic nitrogens is 1. The smallest absolute Gasteiger partial charge is 0.259 e. The highest BCUT2D eigenvalue weighted by Gasteiger charge is 2.55. The molecule has 0 bridgehead atoms. The second-order valence-corrected chi connectivity index (χ2v) is 13.9. The number of carbonyl (C=O) groups is 3. The van der Waals surface area contributed by atoms with Crippen molar-refractivity contribution >= 4 is 38.5 Å². The molecule has 3 atom stereocenters. The first kappa shape index (κ1) is 27.3. The second kappa shape index (κ2) is 9.74. The molecule has 39 heavy (non-hydrogen) atoms. The van der Waals surface area contributed by atoms with Gasteiger partial charge >= 0.3 is 0 Å². The zero-order valence-electron chi connectivity index (χ0n) is 22.3. The summed E-state index contributed by atoms with van der Waals surface area (Å²) in [6.07, 6.45) is 2.91. The molecule has 2 aromatic rings. The Kier molecular flexibility index (Phi) is 6.82. The predicted octanol–water partition coefficient (Wildman–Crippen LogP) is 1.21. The first-order chi connectivity index (χ1) is 18.3. The fourth-order valence-electron chi connectivity index (χ4n) is 4.81. The molecule has 1 saturated heterocycles. The molecule has 1 aromatic carbocycles. The minimum atomic E-state index is -3.76. The summed E-state index contributed by atoms with van der Waals surface area (Å²) in [6, 6.07) is 7.67. The molecule has 3 amide bonds. The van der Waals surface area contributed by atoms with E-state index in [1.54, 1.807) is 6.20 Å². The summed E-state index contributed by atoms with van der Waals surface area (Å²) in [7, 11) is -3.76. The summed E-state index contributed by atoms with van der Waals surface area (Å²) in [5, 5.41) is 3.94. The standard InChI is InChI=1S/C27H35N5O6S/c1-26(2,3)21(28)24(34)32-15-17(38-23-19-7-5-4-6-16(19)10-13-29-23)14-20(32)22(33)30-27(11-12-27)25(35)31-39(36,37)18-8-9-18/h4-7,10,13,17-18,20-21H,8-9,11-12,14-15,28H2,1-3H3,(H,30,33)(H,31,35)/t17-,20+,21-/m1/s1. The Morgan fingerprint density at radius 2 is 1.85 bits per heavy atom. The highest BCUT2D eigenvalue weighted by molar-refractivity contribution is 7.91. The normalized spacial score (nSPS) is 23.2. The number of benzene rings is 1. The van der Waals surface area contributed by atoms with Gasteiger partial charge in [0.2, 0.25) is 27.7 Å². The average Bonchev–Trinajstić information content (AvgIpc) is 3.81. The van der Waals surface area contributed by atoms with Crippen LogP contribution in [0.5, 0.6) is 5.88 Å². The van der Waals surface area contributed by atoms with Gasteiger partial charge in [-0.2, -0.15) is 0 Å². The van der Waals surface area contributed by atoms with Gasteiger partial charge in [-0.05, 0) is 48.6 Å².